The molecule has 0 aliphatic heterocycles. The number of esters is 1. The Bertz CT molecular complexity index is 432. The Balaban J connectivity index is 2.77. The Morgan fingerprint density at radius 3 is 2.44 bits per heavy atom. The molecule has 0 bridgehead atoms. The van der Waals surface area contributed by atoms with Crippen LogP contribution in [0.25, 0.3) is 4.85 Å². The second kappa shape index (κ2) is 6.65. The summed E-state index contributed by atoms with van der Waals surface area (Å²) in [5.41, 5.74) is 1.40. The molecule has 96 valence electrons. The summed E-state index contributed by atoms with van der Waals surface area (Å²) in [6.07, 6.45) is 0. The van der Waals surface area contributed by atoms with Gasteiger partial charge in [-0.15, -0.1) is 0 Å². The van der Waals surface area contributed by atoms with Crippen LogP contribution in [-0.2, 0) is 9.53 Å². The summed E-state index contributed by atoms with van der Waals surface area (Å²) in [6.45, 7) is 13.0. The first-order valence-corrected chi connectivity index (χ1v) is 5.99. The highest BCUT2D eigenvalue weighted by atomic mass is 16.5. The zero-order valence-electron chi connectivity index (χ0n) is 10.9. The summed E-state index contributed by atoms with van der Waals surface area (Å²) < 4.78 is 5.03. The molecule has 1 aromatic rings. The van der Waals surface area contributed by atoms with Gasteiger partial charge in [-0.3, -0.25) is 0 Å². The van der Waals surface area contributed by atoms with Gasteiger partial charge in [0.1, 0.15) is 6.04 Å². The summed E-state index contributed by atoms with van der Waals surface area (Å²) in [5, 5.41) is 3.14. The normalized spacial score (nSPS) is 11.7. The molecular formula is C14H18N2O2. The third kappa shape index (κ3) is 3.77. The maximum atomic E-state index is 11.8. The van der Waals surface area contributed by atoms with E-state index in [-0.39, 0.29) is 17.9 Å². The van der Waals surface area contributed by atoms with Crippen LogP contribution in [0.3, 0.4) is 0 Å². The van der Waals surface area contributed by atoms with Gasteiger partial charge < -0.3 is 10.1 Å². The van der Waals surface area contributed by atoms with Crippen molar-refractivity contribution in [3.63, 3.8) is 0 Å². The highest BCUT2D eigenvalue weighted by molar-refractivity contribution is 5.79. The molecule has 0 radical (unpaired) electrons. The van der Waals surface area contributed by atoms with E-state index in [0.29, 0.717) is 12.3 Å². The quantitative estimate of drug-likeness (QED) is 0.640. The molecule has 4 nitrogen and oxygen atoms in total. The first kappa shape index (κ1) is 14.0. The van der Waals surface area contributed by atoms with Crippen molar-refractivity contribution in [2.75, 3.05) is 11.9 Å². The zero-order valence-corrected chi connectivity index (χ0v) is 10.9. The molecule has 0 unspecified atom stereocenters. The highest BCUT2D eigenvalue weighted by Crippen LogP contribution is 2.18. The molecule has 1 N–H and O–H groups in total. The molecule has 1 atom stereocenters. The Morgan fingerprint density at radius 1 is 1.39 bits per heavy atom. The van der Waals surface area contributed by atoms with E-state index in [1.165, 1.54) is 0 Å². The van der Waals surface area contributed by atoms with Gasteiger partial charge >= 0.3 is 5.97 Å². The van der Waals surface area contributed by atoms with Crippen molar-refractivity contribution in [3.8, 4) is 0 Å². The molecule has 1 aromatic carbocycles. The van der Waals surface area contributed by atoms with Crippen LogP contribution in [0.15, 0.2) is 24.3 Å². The van der Waals surface area contributed by atoms with Crippen LogP contribution in [0.2, 0.25) is 0 Å². The molecule has 0 aromatic heterocycles. The van der Waals surface area contributed by atoms with Crippen molar-refractivity contribution in [2.24, 2.45) is 5.92 Å². The lowest BCUT2D eigenvalue weighted by Gasteiger charge is -2.21. The van der Waals surface area contributed by atoms with E-state index in [1.54, 1.807) is 31.2 Å². The number of anilines is 1. The zero-order chi connectivity index (χ0) is 13.5. The maximum Gasteiger partial charge on any atom is 0.328 e. The number of carbonyl (C=O) groups is 1. The van der Waals surface area contributed by atoms with E-state index in [4.69, 9.17) is 11.3 Å². The van der Waals surface area contributed by atoms with Crippen LogP contribution in [-0.4, -0.2) is 18.6 Å². The first-order chi connectivity index (χ1) is 8.58. The first-order valence-electron chi connectivity index (χ1n) is 5.99. The van der Waals surface area contributed by atoms with Crippen LogP contribution in [0.4, 0.5) is 11.4 Å². The third-order valence-electron chi connectivity index (χ3n) is 2.53. The summed E-state index contributed by atoms with van der Waals surface area (Å²) in [7, 11) is 0. The largest absolute Gasteiger partial charge is 0.464 e. The summed E-state index contributed by atoms with van der Waals surface area (Å²) in [5.74, 6) is -0.119. The van der Waals surface area contributed by atoms with E-state index in [1.807, 2.05) is 13.8 Å². The minimum absolute atomic E-state index is 0.129. The van der Waals surface area contributed by atoms with Gasteiger partial charge in [0, 0.05) is 5.69 Å². The van der Waals surface area contributed by atoms with Gasteiger partial charge in [-0.05, 0) is 25.0 Å². The molecule has 0 saturated heterocycles. The van der Waals surface area contributed by atoms with Crippen molar-refractivity contribution in [2.45, 2.75) is 26.8 Å². The smallest absolute Gasteiger partial charge is 0.328 e. The van der Waals surface area contributed by atoms with Crippen molar-refractivity contribution in [3.05, 3.63) is 35.7 Å². The van der Waals surface area contributed by atoms with Gasteiger partial charge in [-0.2, -0.15) is 0 Å². The SMILES string of the molecule is [C-]#[N+]c1ccc(N[C@H](C(=O)OCC)C(C)C)cc1. The molecule has 0 aliphatic carbocycles. The van der Waals surface area contributed by atoms with Crippen LogP contribution in [0, 0.1) is 12.5 Å². The lowest BCUT2D eigenvalue weighted by atomic mass is 10.0. The van der Waals surface area contributed by atoms with E-state index in [9.17, 15) is 4.79 Å². The highest BCUT2D eigenvalue weighted by Gasteiger charge is 2.23. The summed E-state index contributed by atoms with van der Waals surface area (Å²) in [4.78, 5) is 15.1. The van der Waals surface area contributed by atoms with Gasteiger partial charge in [-0.1, -0.05) is 26.0 Å². The maximum absolute atomic E-state index is 11.8. The number of hydrogen-bond acceptors (Lipinski definition) is 3. The molecule has 1 rings (SSSR count). The minimum atomic E-state index is -0.372. The van der Waals surface area contributed by atoms with Crippen LogP contribution < -0.4 is 5.32 Å². The molecule has 18 heavy (non-hydrogen) atoms. The van der Waals surface area contributed by atoms with Crippen molar-refractivity contribution < 1.29 is 9.53 Å². The number of benzene rings is 1. The Kier molecular flexibility index (Phi) is 5.19. The second-order valence-corrected chi connectivity index (χ2v) is 4.28. The number of nitrogens with zero attached hydrogens (tertiary/aromatic N) is 1. The topological polar surface area (TPSA) is 42.7 Å². The molecule has 0 spiro atoms. The van der Waals surface area contributed by atoms with Crippen LogP contribution >= 0.6 is 0 Å². The number of hydrogen-bond donors (Lipinski definition) is 1. The monoisotopic (exact) mass is 246 g/mol. The second-order valence-electron chi connectivity index (χ2n) is 4.28. The average molecular weight is 246 g/mol. The number of ether oxygens (including phenoxy) is 1. The summed E-state index contributed by atoms with van der Waals surface area (Å²) >= 11 is 0. The number of carbonyl (C=O) groups excluding carboxylic acids is 1. The fraction of sp³-hybridized carbons (Fsp3) is 0.429. The van der Waals surface area contributed by atoms with Gasteiger partial charge in [0.05, 0.1) is 13.2 Å². The van der Waals surface area contributed by atoms with Gasteiger partial charge in [0.15, 0.2) is 5.69 Å². The standard InChI is InChI=1S/C14H18N2O2/c1-5-18-14(17)13(10(2)3)16-12-8-6-11(15-4)7-9-12/h6-10,13,16H,5H2,1-3H3/t13-/m0/s1. The molecular weight excluding hydrogens is 228 g/mol. The van der Waals surface area contributed by atoms with E-state index in [0.717, 1.165) is 5.69 Å². The van der Waals surface area contributed by atoms with E-state index in [2.05, 4.69) is 10.2 Å². The molecule has 0 saturated carbocycles. The van der Waals surface area contributed by atoms with E-state index < -0.39 is 0 Å². The Hall–Kier alpha value is -2.02. The lowest BCUT2D eigenvalue weighted by Crippen LogP contribution is -2.36. The number of rotatable bonds is 5. The Labute approximate surface area is 108 Å². The van der Waals surface area contributed by atoms with Crippen molar-refractivity contribution in [1.29, 1.82) is 0 Å². The molecule has 0 aliphatic rings. The van der Waals surface area contributed by atoms with Crippen molar-refractivity contribution in [1.82, 2.24) is 0 Å². The predicted octanol–water partition coefficient (Wildman–Crippen LogP) is 3.24. The van der Waals surface area contributed by atoms with Crippen LogP contribution in [0.1, 0.15) is 20.8 Å². The fourth-order valence-electron chi connectivity index (χ4n) is 1.54. The molecule has 0 fully saturated rings. The molecule has 4 heteroatoms. The van der Waals surface area contributed by atoms with Gasteiger partial charge in [0.25, 0.3) is 0 Å². The predicted molar refractivity (Wildman–Crippen MR) is 71.6 cm³/mol. The minimum Gasteiger partial charge on any atom is -0.464 e. The average Bonchev–Trinajstić information content (AvgIpc) is 2.36. The van der Waals surface area contributed by atoms with Gasteiger partial charge in [0.2, 0.25) is 0 Å². The third-order valence-corrected chi connectivity index (χ3v) is 2.53. The summed E-state index contributed by atoms with van der Waals surface area (Å²) in [6, 6.07) is 6.66. The Morgan fingerprint density at radius 2 is 2.00 bits per heavy atom. The lowest BCUT2D eigenvalue weighted by molar-refractivity contribution is -0.145. The molecule has 0 amide bonds. The fourth-order valence-corrected chi connectivity index (χ4v) is 1.54. The van der Waals surface area contributed by atoms with Gasteiger partial charge in [-0.25, -0.2) is 9.64 Å². The van der Waals surface area contributed by atoms with E-state index >= 15 is 0 Å². The van der Waals surface area contributed by atoms with Crippen LogP contribution in [0.5, 0.6) is 0 Å². The molecule has 0 heterocycles. The van der Waals surface area contributed by atoms with Crippen molar-refractivity contribution >= 4 is 17.3 Å². The number of nitrogens with one attached hydrogen (secondary N) is 1.